The van der Waals surface area contributed by atoms with Crippen molar-refractivity contribution < 1.29 is 14.3 Å². The Hall–Kier alpha value is -1.75. The molecule has 1 aromatic rings. The number of carbonyl (C=O) groups is 1. The molecule has 0 bridgehead atoms. The molecule has 1 aliphatic heterocycles. The van der Waals surface area contributed by atoms with E-state index >= 15 is 0 Å². The molecule has 0 radical (unpaired) electrons. The van der Waals surface area contributed by atoms with Crippen LogP contribution in [-0.4, -0.2) is 43.3 Å². The topological polar surface area (TPSA) is 64.8 Å². The van der Waals surface area contributed by atoms with Gasteiger partial charge in [-0.2, -0.15) is 0 Å². The molecule has 1 aliphatic rings. The molecule has 1 fully saturated rings. The van der Waals surface area contributed by atoms with Crippen molar-refractivity contribution in [2.75, 3.05) is 26.7 Å². The summed E-state index contributed by atoms with van der Waals surface area (Å²) in [6.45, 7) is 9.82. The molecule has 1 aromatic carbocycles. The molecule has 0 spiro atoms. The van der Waals surface area contributed by atoms with Gasteiger partial charge in [0.2, 0.25) is 0 Å². The summed E-state index contributed by atoms with van der Waals surface area (Å²) < 4.78 is 10.8. The monoisotopic (exact) mass is 348 g/mol. The standard InChI is InChI=1S/C20H32N2O3/c1-14-12-16(6-7-18(14)24-5)17(13-21)15-8-10-22(11-9-15)19(23)25-20(2,3)4/h6-7,12,15,17H,8-11,13,21H2,1-5H3. The fraction of sp³-hybridized carbons (Fsp3) is 0.650. The van der Waals surface area contributed by atoms with Crippen molar-refractivity contribution in [3.63, 3.8) is 0 Å². The number of nitrogens with zero attached hydrogens (tertiary/aromatic N) is 1. The molecule has 0 aromatic heterocycles. The molecule has 1 unspecified atom stereocenters. The van der Waals surface area contributed by atoms with Crippen LogP contribution >= 0.6 is 0 Å². The van der Waals surface area contributed by atoms with Gasteiger partial charge >= 0.3 is 6.09 Å². The average Bonchev–Trinajstić information content (AvgIpc) is 2.55. The minimum Gasteiger partial charge on any atom is -0.496 e. The summed E-state index contributed by atoms with van der Waals surface area (Å²) in [5.74, 6) is 1.70. The maximum atomic E-state index is 12.2. The number of rotatable bonds is 4. The predicted molar refractivity (Wildman–Crippen MR) is 100 cm³/mol. The fourth-order valence-electron chi connectivity index (χ4n) is 3.54. The number of ether oxygens (including phenoxy) is 2. The van der Waals surface area contributed by atoms with E-state index < -0.39 is 5.60 Å². The smallest absolute Gasteiger partial charge is 0.410 e. The molecule has 1 saturated heterocycles. The Kier molecular flexibility index (Phi) is 6.33. The van der Waals surface area contributed by atoms with Crippen LogP contribution in [0.2, 0.25) is 0 Å². The lowest BCUT2D eigenvalue weighted by molar-refractivity contribution is 0.0175. The summed E-state index contributed by atoms with van der Waals surface area (Å²) in [7, 11) is 1.69. The second kappa shape index (κ2) is 8.09. The summed E-state index contributed by atoms with van der Waals surface area (Å²) in [6.07, 6.45) is 1.69. The number of hydrogen-bond donors (Lipinski definition) is 1. The van der Waals surface area contributed by atoms with E-state index in [0.29, 0.717) is 18.4 Å². The van der Waals surface area contributed by atoms with Crippen LogP contribution in [0.15, 0.2) is 18.2 Å². The summed E-state index contributed by atoms with van der Waals surface area (Å²) >= 11 is 0. The van der Waals surface area contributed by atoms with E-state index in [-0.39, 0.29) is 6.09 Å². The van der Waals surface area contributed by atoms with Gasteiger partial charge in [-0.25, -0.2) is 4.79 Å². The SMILES string of the molecule is COc1ccc(C(CN)C2CCN(C(=O)OC(C)(C)C)CC2)cc1C. The third-order valence-electron chi connectivity index (χ3n) is 4.86. The highest BCUT2D eigenvalue weighted by Gasteiger charge is 2.31. The van der Waals surface area contributed by atoms with E-state index in [2.05, 4.69) is 19.1 Å². The molecule has 1 heterocycles. The quantitative estimate of drug-likeness (QED) is 0.901. The van der Waals surface area contributed by atoms with E-state index in [1.165, 1.54) is 5.56 Å². The molecule has 0 aliphatic carbocycles. The van der Waals surface area contributed by atoms with Crippen LogP contribution in [0, 0.1) is 12.8 Å². The van der Waals surface area contributed by atoms with E-state index in [0.717, 1.165) is 37.2 Å². The van der Waals surface area contributed by atoms with Gasteiger partial charge in [-0.15, -0.1) is 0 Å². The molecule has 5 heteroatoms. The Balaban J connectivity index is 2.00. The molecule has 1 atom stereocenters. The third-order valence-corrected chi connectivity index (χ3v) is 4.86. The lowest BCUT2D eigenvalue weighted by atomic mass is 9.79. The summed E-state index contributed by atoms with van der Waals surface area (Å²) in [4.78, 5) is 14.0. The van der Waals surface area contributed by atoms with Gasteiger partial charge in [0.1, 0.15) is 11.4 Å². The van der Waals surface area contributed by atoms with Crippen molar-refractivity contribution in [2.24, 2.45) is 11.7 Å². The van der Waals surface area contributed by atoms with E-state index in [9.17, 15) is 4.79 Å². The average molecular weight is 348 g/mol. The highest BCUT2D eigenvalue weighted by molar-refractivity contribution is 5.68. The summed E-state index contributed by atoms with van der Waals surface area (Å²) in [6, 6.07) is 6.31. The van der Waals surface area contributed by atoms with Gasteiger partial charge < -0.3 is 20.1 Å². The Morgan fingerprint density at radius 1 is 1.32 bits per heavy atom. The van der Waals surface area contributed by atoms with Gasteiger partial charge in [0, 0.05) is 13.1 Å². The predicted octanol–water partition coefficient (Wildman–Crippen LogP) is 3.69. The first-order valence-corrected chi connectivity index (χ1v) is 9.07. The van der Waals surface area contributed by atoms with Gasteiger partial charge in [-0.1, -0.05) is 12.1 Å². The lowest BCUT2D eigenvalue weighted by Crippen LogP contribution is -2.43. The van der Waals surface area contributed by atoms with Crippen LogP contribution in [0.1, 0.15) is 50.7 Å². The van der Waals surface area contributed by atoms with Crippen molar-refractivity contribution in [1.29, 1.82) is 0 Å². The molecule has 2 N–H and O–H groups in total. The number of hydrogen-bond acceptors (Lipinski definition) is 4. The van der Waals surface area contributed by atoms with Crippen LogP contribution in [0.25, 0.3) is 0 Å². The number of piperidine rings is 1. The largest absolute Gasteiger partial charge is 0.496 e. The van der Waals surface area contributed by atoms with Gasteiger partial charge in [0.15, 0.2) is 0 Å². The Morgan fingerprint density at radius 3 is 2.44 bits per heavy atom. The van der Waals surface area contributed by atoms with Crippen LogP contribution in [-0.2, 0) is 4.74 Å². The molecular weight excluding hydrogens is 316 g/mol. The number of nitrogens with two attached hydrogens (primary N) is 1. The van der Waals surface area contributed by atoms with Gasteiger partial charge in [0.25, 0.3) is 0 Å². The zero-order valence-corrected chi connectivity index (χ0v) is 16.2. The van der Waals surface area contributed by atoms with Gasteiger partial charge in [0.05, 0.1) is 7.11 Å². The number of methoxy groups -OCH3 is 1. The highest BCUT2D eigenvalue weighted by atomic mass is 16.6. The number of carbonyl (C=O) groups excluding carboxylic acids is 1. The van der Waals surface area contributed by atoms with Crippen molar-refractivity contribution in [3.05, 3.63) is 29.3 Å². The lowest BCUT2D eigenvalue weighted by Gasteiger charge is -2.36. The van der Waals surface area contributed by atoms with E-state index in [1.807, 2.05) is 31.7 Å². The molecule has 25 heavy (non-hydrogen) atoms. The van der Waals surface area contributed by atoms with Crippen LogP contribution < -0.4 is 10.5 Å². The third kappa shape index (κ3) is 5.11. The summed E-state index contributed by atoms with van der Waals surface area (Å²) in [5.41, 5.74) is 8.04. The van der Waals surface area contributed by atoms with Gasteiger partial charge in [-0.05, 0) is 76.1 Å². The van der Waals surface area contributed by atoms with Gasteiger partial charge in [-0.3, -0.25) is 0 Å². The van der Waals surface area contributed by atoms with Crippen LogP contribution in [0.4, 0.5) is 4.79 Å². The first-order chi connectivity index (χ1) is 11.7. The van der Waals surface area contributed by atoms with Crippen molar-refractivity contribution in [3.8, 4) is 5.75 Å². The maximum absolute atomic E-state index is 12.2. The second-order valence-corrected chi connectivity index (χ2v) is 7.88. The number of benzene rings is 1. The molecule has 5 nitrogen and oxygen atoms in total. The fourth-order valence-corrected chi connectivity index (χ4v) is 3.54. The van der Waals surface area contributed by atoms with Crippen molar-refractivity contribution in [2.45, 2.75) is 52.1 Å². The summed E-state index contributed by atoms with van der Waals surface area (Å²) in [5, 5.41) is 0. The second-order valence-electron chi connectivity index (χ2n) is 7.88. The normalized spacial score (nSPS) is 17.3. The Bertz CT molecular complexity index is 587. The van der Waals surface area contributed by atoms with Crippen molar-refractivity contribution >= 4 is 6.09 Å². The van der Waals surface area contributed by atoms with Crippen LogP contribution in [0.3, 0.4) is 0 Å². The Labute approximate surface area is 151 Å². The number of likely N-dealkylation sites (tertiary alicyclic amines) is 1. The number of aryl methyl sites for hydroxylation is 1. The highest BCUT2D eigenvalue weighted by Crippen LogP contribution is 2.34. The first-order valence-electron chi connectivity index (χ1n) is 9.07. The van der Waals surface area contributed by atoms with E-state index in [1.54, 1.807) is 7.11 Å². The van der Waals surface area contributed by atoms with Crippen molar-refractivity contribution in [1.82, 2.24) is 4.90 Å². The zero-order valence-electron chi connectivity index (χ0n) is 16.2. The molecular formula is C20H32N2O3. The molecule has 0 saturated carbocycles. The number of amides is 1. The molecule has 2 rings (SSSR count). The zero-order chi connectivity index (χ0) is 18.6. The minimum atomic E-state index is -0.450. The maximum Gasteiger partial charge on any atom is 0.410 e. The molecule has 140 valence electrons. The first kappa shape index (κ1) is 19.6. The van der Waals surface area contributed by atoms with Crippen LogP contribution in [0.5, 0.6) is 5.75 Å². The Morgan fingerprint density at radius 2 is 1.96 bits per heavy atom. The molecule has 1 amide bonds. The van der Waals surface area contributed by atoms with E-state index in [4.69, 9.17) is 15.2 Å². The minimum absolute atomic E-state index is 0.212.